The maximum Gasteiger partial charge on any atom is 0.140 e. The van der Waals surface area contributed by atoms with E-state index in [1.165, 1.54) is 8.66 Å². The SMILES string of the molecule is Brc1cnc(NCCc2ccc(Br)s2)c(Br)c1. The molecule has 0 spiro atoms. The molecule has 90 valence electrons. The Bertz CT molecular complexity index is 513. The van der Waals surface area contributed by atoms with E-state index in [-0.39, 0.29) is 0 Å². The normalized spacial score (nSPS) is 10.5. The molecule has 2 rings (SSSR count). The van der Waals surface area contributed by atoms with Crippen LogP contribution in [0.15, 0.2) is 37.1 Å². The number of thiophene rings is 1. The molecule has 0 aliphatic rings. The van der Waals surface area contributed by atoms with Gasteiger partial charge >= 0.3 is 0 Å². The lowest BCUT2D eigenvalue weighted by molar-refractivity contribution is 1.02. The zero-order valence-corrected chi connectivity index (χ0v) is 14.3. The van der Waals surface area contributed by atoms with Crippen molar-refractivity contribution in [3.63, 3.8) is 0 Å². The highest BCUT2D eigenvalue weighted by Gasteiger charge is 2.02. The molecule has 0 amide bonds. The summed E-state index contributed by atoms with van der Waals surface area (Å²) in [6.07, 6.45) is 2.79. The molecule has 0 aromatic carbocycles. The summed E-state index contributed by atoms with van der Waals surface area (Å²) in [6.45, 7) is 0.875. The van der Waals surface area contributed by atoms with Gasteiger partial charge in [-0.1, -0.05) is 0 Å². The minimum Gasteiger partial charge on any atom is -0.369 e. The van der Waals surface area contributed by atoms with E-state index < -0.39 is 0 Å². The molecule has 2 nitrogen and oxygen atoms in total. The van der Waals surface area contributed by atoms with Crippen LogP contribution >= 0.6 is 59.1 Å². The number of hydrogen-bond acceptors (Lipinski definition) is 3. The van der Waals surface area contributed by atoms with Crippen molar-refractivity contribution < 1.29 is 0 Å². The molecule has 0 fully saturated rings. The van der Waals surface area contributed by atoms with E-state index in [0.29, 0.717) is 0 Å². The van der Waals surface area contributed by atoms with Crippen molar-refractivity contribution in [2.75, 3.05) is 11.9 Å². The molecule has 0 saturated carbocycles. The van der Waals surface area contributed by atoms with Gasteiger partial charge in [-0.15, -0.1) is 11.3 Å². The molecule has 0 aliphatic heterocycles. The smallest absolute Gasteiger partial charge is 0.140 e. The molecular formula is C11H9Br3N2S. The molecule has 2 heterocycles. The number of nitrogens with one attached hydrogen (secondary N) is 1. The van der Waals surface area contributed by atoms with E-state index in [1.807, 2.05) is 6.07 Å². The van der Waals surface area contributed by atoms with Crippen LogP contribution in [0, 0.1) is 0 Å². The van der Waals surface area contributed by atoms with Crippen LogP contribution in [0.25, 0.3) is 0 Å². The molecule has 0 atom stereocenters. The van der Waals surface area contributed by atoms with Crippen molar-refractivity contribution in [3.8, 4) is 0 Å². The van der Waals surface area contributed by atoms with Gasteiger partial charge in [-0.2, -0.15) is 0 Å². The molecule has 6 heteroatoms. The van der Waals surface area contributed by atoms with Crippen LogP contribution in [-0.2, 0) is 6.42 Å². The van der Waals surface area contributed by atoms with Crippen LogP contribution in [0.4, 0.5) is 5.82 Å². The fraction of sp³-hybridized carbons (Fsp3) is 0.182. The van der Waals surface area contributed by atoms with Gasteiger partial charge in [-0.25, -0.2) is 4.98 Å². The van der Waals surface area contributed by atoms with Crippen molar-refractivity contribution in [2.45, 2.75) is 6.42 Å². The minimum absolute atomic E-state index is 0.875. The molecule has 1 N–H and O–H groups in total. The number of hydrogen-bond donors (Lipinski definition) is 1. The zero-order chi connectivity index (χ0) is 12.3. The average molecular weight is 441 g/mol. The Balaban J connectivity index is 1.90. The molecule has 2 aromatic rings. The van der Waals surface area contributed by atoms with Crippen molar-refractivity contribution in [1.82, 2.24) is 4.98 Å². The van der Waals surface area contributed by atoms with Gasteiger partial charge in [0.05, 0.1) is 8.26 Å². The fourth-order valence-corrected chi connectivity index (χ4v) is 3.95. The Hall–Kier alpha value is 0.0900. The second-order valence-electron chi connectivity index (χ2n) is 3.37. The van der Waals surface area contributed by atoms with Gasteiger partial charge in [0.25, 0.3) is 0 Å². The highest BCUT2D eigenvalue weighted by molar-refractivity contribution is 9.11. The van der Waals surface area contributed by atoms with Gasteiger partial charge in [0, 0.05) is 22.1 Å². The Kier molecular flexibility index (Phi) is 5.02. The molecule has 2 aromatic heterocycles. The Labute approximate surface area is 129 Å². The molecule has 0 aliphatic carbocycles. The summed E-state index contributed by atoms with van der Waals surface area (Å²) >= 11 is 12.1. The third-order valence-electron chi connectivity index (χ3n) is 2.10. The largest absolute Gasteiger partial charge is 0.369 e. The number of halogens is 3. The monoisotopic (exact) mass is 438 g/mol. The third kappa shape index (κ3) is 4.05. The summed E-state index contributed by atoms with van der Waals surface area (Å²) in [4.78, 5) is 5.66. The fourth-order valence-electron chi connectivity index (χ4n) is 1.33. The van der Waals surface area contributed by atoms with Crippen molar-refractivity contribution >= 4 is 64.9 Å². The van der Waals surface area contributed by atoms with Gasteiger partial charge < -0.3 is 5.32 Å². The van der Waals surface area contributed by atoms with E-state index in [1.54, 1.807) is 17.5 Å². The Morgan fingerprint density at radius 2 is 2.06 bits per heavy atom. The van der Waals surface area contributed by atoms with Gasteiger partial charge in [0.15, 0.2) is 0 Å². The standard InChI is InChI=1S/C11H9Br3N2S/c12-7-5-9(13)11(16-6-7)15-4-3-8-1-2-10(14)17-8/h1-2,5-6H,3-4H2,(H,15,16). The van der Waals surface area contributed by atoms with Crippen LogP contribution in [0.5, 0.6) is 0 Å². The average Bonchev–Trinajstić information content (AvgIpc) is 2.68. The van der Waals surface area contributed by atoms with Crippen LogP contribution in [0.1, 0.15) is 4.88 Å². The summed E-state index contributed by atoms with van der Waals surface area (Å²) in [5.74, 6) is 0.879. The Morgan fingerprint density at radius 1 is 1.24 bits per heavy atom. The maximum absolute atomic E-state index is 4.30. The van der Waals surface area contributed by atoms with Crippen LogP contribution in [0.3, 0.4) is 0 Å². The molecule has 17 heavy (non-hydrogen) atoms. The van der Waals surface area contributed by atoms with E-state index in [2.05, 4.69) is 70.2 Å². The van der Waals surface area contributed by atoms with Crippen molar-refractivity contribution in [2.24, 2.45) is 0 Å². The first kappa shape index (κ1) is 13.5. The number of aromatic nitrogens is 1. The lowest BCUT2D eigenvalue weighted by atomic mass is 10.3. The van der Waals surface area contributed by atoms with E-state index in [9.17, 15) is 0 Å². The van der Waals surface area contributed by atoms with E-state index in [0.717, 1.165) is 27.7 Å². The van der Waals surface area contributed by atoms with Gasteiger partial charge in [0.1, 0.15) is 5.82 Å². The first-order valence-corrected chi connectivity index (χ1v) is 8.14. The summed E-state index contributed by atoms with van der Waals surface area (Å²) < 4.78 is 3.12. The van der Waals surface area contributed by atoms with Crippen LogP contribution < -0.4 is 5.32 Å². The van der Waals surface area contributed by atoms with Crippen LogP contribution in [-0.4, -0.2) is 11.5 Å². The van der Waals surface area contributed by atoms with E-state index in [4.69, 9.17) is 0 Å². The first-order chi connectivity index (χ1) is 8.15. The summed E-state index contributed by atoms with van der Waals surface area (Å²) in [6, 6.07) is 6.20. The topological polar surface area (TPSA) is 24.9 Å². The third-order valence-corrected chi connectivity index (χ3v) is 4.82. The second-order valence-corrected chi connectivity index (χ2v) is 7.68. The summed E-state index contributed by atoms with van der Waals surface area (Å²) in [7, 11) is 0. The van der Waals surface area contributed by atoms with Crippen molar-refractivity contribution in [3.05, 3.63) is 42.0 Å². The van der Waals surface area contributed by atoms with Gasteiger partial charge in [-0.05, 0) is 72.4 Å². The maximum atomic E-state index is 4.30. The highest BCUT2D eigenvalue weighted by Crippen LogP contribution is 2.24. The molecule has 0 unspecified atom stereocenters. The van der Waals surface area contributed by atoms with Gasteiger partial charge in [0.2, 0.25) is 0 Å². The van der Waals surface area contributed by atoms with Crippen molar-refractivity contribution in [1.29, 1.82) is 0 Å². The predicted octanol–water partition coefficient (Wildman–Crippen LogP) is 5.09. The minimum atomic E-state index is 0.875. The first-order valence-electron chi connectivity index (χ1n) is 4.94. The van der Waals surface area contributed by atoms with E-state index >= 15 is 0 Å². The number of pyridine rings is 1. The number of rotatable bonds is 4. The molecule has 0 saturated heterocycles. The Morgan fingerprint density at radius 3 is 2.71 bits per heavy atom. The predicted molar refractivity (Wildman–Crippen MR) is 83.8 cm³/mol. The van der Waals surface area contributed by atoms with Gasteiger partial charge in [-0.3, -0.25) is 0 Å². The molecular weight excluding hydrogens is 432 g/mol. The number of anilines is 1. The summed E-state index contributed by atoms with van der Waals surface area (Å²) in [5, 5.41) is 3.31. The second kappa shape index (κ2) is 6.31. The lowest BCUT2D eigenvalue weighted by Crippen LogP contribution is -2.05. The number of nitrogens with zero attached hydrogens (tertiary/aromatic N) is 1. The summed E-state index contributed by atoms with van der Waals surface area (Å²) in [5.41, 5.74) is 0. The van der Waals surface area contributed by atoms with Crippen LogP contribution in [0.2, 0.25) is 0 Å². The highest BCUT2D eigenvalue weighted by atomic mass is 79.9. The molecule has 0 radical (unpaired) electrons. The lowest BCUT2D eigenvalue weighted by Gasteiger charge is -2.06. The molecule has 0 bridgehead atoms. The quantitative estimate of drug-likeness (QED) is 0.716. The zero-order valence-electron chi connectivity index (χ0n) is 8.71.